The first-order valence-corrected chi connectivity index (χ1v) is 8.15. The number of carbonyl (C=O) groups is 1. The summed E-state index contributed by atoms with van der Waals surface area (Å²) >= 11 is 6.97. The summed E-state index contributed by atoms with van der Waals surface area (Å²) < 4.78 is 0. The molecular weight excluding hydrogens is 334 g/mol. The number of carbonyl (C=O) groups excluding carboxylic acids is 1. The van der Waals surface area contributed by atoms with Gasteiger partial charge in [0, 0.05) is 10.7 Å². The van der Waals surface area contributed by atoms with Crippen LogP contribution in [0.4, 0.5) is 5.69 Å². The SMILES string of the molecule is O=C(CSc1nc2ccccc2c(=O)[nH]1)Nc1ccc(Cl)cc1. The molecule has 0 saturated carbocycles. The van der Waals surface area contributed by atoms with Gasteiger partial charge in [-0.3, -0.25) is 9.59 Å². The summed E-state index contributed by atoms with van der Waals surface area (Å²) in [7, 11) is 0. The van der Waals surface area contributed by atoms with Gasteiger partial charge in [-0.05, 0) is 36.4 Å². The van der Waals surface area contributed by atoms with Crippen LogP contribution in [-0.4, -0.2) is 21.6 Å². The van der Waals surface area contributed by atoms with Gasteiger partial charge in [0.25, 0.3) is 5.56 Å². The molecule has 0 aliphatic heterocycles. The number of para-hydroxylation sites is 1. The van der Waals surface area contributed by atoms with E-state index in [1.165, 1.54) is 11.8 Å². The molecule has 5 nitrogen and oxygen atoms in total. The van der Waals surface area contributed by atoms with Crippen molar-refractivity contribution in [3.05, 3.63) is 63.9 Å². The molecule has 0 radical (unpaired) electrons. The van der Waals surface area contributed by atoms with Crippen LogP contribution in [0.1, 0.15) is 0 Å². The fourth-order valence-electron chi connectivity index (χ4n) is 2.00. The summed E-state index contributed by atoms with van der Waals surface area (Å²) in [6, 6.07) is 13.9. The van der Waals surface area contributed by atoms with Crippen LogP contribution in [0.2, 0.25) is 5.02 Å². The van der Waals surface area contributed by atoms with Crippen LogP contribution >= 0.6 is 23.4 Å². The second-order valence-electron chi connectivity index (χ2n) is 4.73. The number of aromatic nitrogens is 2. The summed E-state index contributed by atoms with van der Waals surface area (Å²) in [4.78, 5) is 30.9. The van der Waals surface area contributed by atoms with Crippen LogP contribution in [0, 0.1) is 0 Å². The van der Waals surface area contributed by atoms with Crippen molar-refractivity contribution in [3.8, 4) is 0 Å². The topological polar surface area (TPSA) is 74.8 Å². The van der Waals surface area contributed by atoms with E-state index in [4.69, 9.17) is 11.6 Å². The van der Waals surface area contributed by atoms with Crippen LogP contribution in [0.15, 0.2) is 58.5 Å². The maximum atomic E-state index is 11.9. The number of hydrogen-bond acceptors (Lipinski definition) is 4. The molecule has 2 N–H and O–H groups in total. The minimum atomic E-state index is -0.212. The summed E-state index contributed by atoms with van der Waals surface area (Å²) in [6.07, 6.45) is 0. The zero-order valence-electron chi connectivity index (χ0n) is 11.9. The smallest absolute Gasteiger partial charge is 0.259 e. The Morgan fingerprint density at radius 1 is 1.17 bits per heavy atom. The number of nitrogens with one attached hydrogen (secondary N) is 2. The molecule has 0 aliphatic carbocycles. The van der Waals surface area contributed by atoms with E-state index in [0.717, 1.165) is 0 Å². The van der Waals surface area contributed by atoms with Gasteiger partial charge in [0.2, 0.25) is 5.91 Å². The second kappa shape index (κ2) is 6.85. The number of aromatic amines is 1. The Morgan fingerprint density at radius 3 is 2.70 bits per heavy atom. The number of H-pyrrole nitrogens is 1. The molecule has 1 heterocycles. The number of anilines is 1. The van der Waals surface area contributed by atoms with Gasteiger partial charge in [-0.2, -0.15) is 0 Å². The van der Waals surface area contributed by atoms with Gasteiger partial charge in [0.1, 0.15) is 0 Å². The zero-order chi connectivity index (χ0) is 16.2. The highest BCUT2D eigenvalue weighted by molar-refractivity contribution is 7.99. The standard InChI is InChI=1S/C16H12ClN3O2S/c17-10-5-7-11(8-6-10)18-14(21)9-23-16-19-13-4-2-1-3-12(13)15(22)20-16/h1-8H,9H2,(H,18,21)(H,19,20,22). The summed E-state index contributed by atoms with van der Waals surface area (Å²) in [5, 5.41) is 4.31. The third kappa shape index (κ3) is 3.91. The van der Waals surface area contributed by atoms with Crippen LogP contribution in [0.25, 0.3) is 10.9 Å². The van der Waals surface area contributed by atoms with Gasteiger partial charge in [-0.25, -0.2) is 4.98 Å². The molecule has 0 atom stereocenters. The predicted octanol–water partition coefficient (Wildman–Crippen LogP) is 3.31. The molecule has 0 spiro atoms. The molecule has 0 saturated heterocycles. The van der Waals surface area contributed by atoms with Crippen LogP contribution in [0.3, 0.4) is 0 Å². The van der Waals surface area contributed by atoms with Crippen molar-refractivity contribution < 1.29 is 4.79 Å². The molecule has 3 rings (SSSR count). The number of thioether (sulfide) groups is 1. The van der Waals surface area contributed by atoms with E-state index >= 15 is 0 Å². The number of nitrogens with zero attached hydrogens (tertiary/aromatic N) is 1. The lowest BCUT2D eigenvalue weighted by Gasteiger charge is -2.05. The monoisotopic (exact) mass is 345 g/mol. The van der Waals surface area contributed by atoms with Gasteiger partial charge >= 0.3 is 0 Å². The maximum Gasteiger partial charge on any atom is 0.259 e. The largest absolute Gasteiger partial charge is 0.325 e. The van der Waals surface area contributed by atoms with E-state index in [-0.39, 0.29) is 17.2 Å². The molecular formula is C16H12ClN3O2S. The Balaban J connectivity index is 1.67. The van der Waals surface area contributed by atoms with E-state index < -0.39 is 0 Å². The maximum absolute atomic E-state index is 11.9. The molecule has 116 valence electrons. The first kappa shape index (κ1) is 15.6. The Bertz CT molecular complexity index is 909. The number of fused-ring (bicyclic) bond motifs is 1. The zero-order valence-corrected chi connectivity index (χ0v) is 13.4. The highest BCUT2D eigenvalue weighted by Crippen LogP contribution is 2.16. The lowest BCUT2D eigenvalue weighted by Crippen LogP contribution is -2.15. The summed E-state index contributed by atoms with van der Waals surface area (Å²) in [6.45, 7) is 0. The van der Waals surface area contributed by atoms with E-state index in [1.54, 1.807) is 42.5 Å². The minimum absolute atomic E-state index is 0.143. The minimum Gasteiger partial charge on any atom is -0.325 e. The highest BCUT2D eigenvalue weighted by Gasteiger charge is 2.07. The fourth-order valence-corrected chi connectivity index (χ4v) is 2.79. The van der Waals surface area contributed by atoms with Crippen LogP contribution < -0.4 is 10.9 Å². The Hall–Kier alpha value is -2.31. The van der Waals surface area contributed by atoms with Crippen molar-refractivity contribution in [2.75, 3.05) is 11.1 Å². The van der Waals surface area contributed by atoms with E-state index in [2.05, 4.69) is 15.3 Å². The van der Waals surface area contributed by atoms with Gasteiger partial charge in [-0.1, -0.05) is 35.5 Å². The molecule has 0 unspecified atom stereocenters. The lowest BCUT2D eigenvalue weighted by molar-refractivity contribution is -0.113. The van der Waals surface area contributed by atoms with Crippen molar-refractivity contribution in [1.82, 2.24) is 9.97 Å². The average Bonchev–Trinajstić information content (AvgIpc) is 2.55. The number of amides is 1. The average molecular weight is 346 g/mol. The van der Waals surface area contributed by atoms with Crippen LogP contribution in [0.5, 0.6) is 0 Å². The van der Waals surface area contributed by atoms with Crippen molar-refractivity contribution in [2.45, 2.75) is 5.16 Å². The molecule has 23 heavy (non-hydrogen) atoms. The van der Waals surface area contributed by atoms with Gasteiger partial charge < -0.3 is 10.3 Å². The molecule has 1 amide bonds. The molecule has 0 aliphatic rings. The van der Waals surface area contributed by atoms with Gasteiger partial charge in [0.15, 0.2) is 5.16 Å². The third-order valence-corrected chi connectivity index (χ3v) is 4.18. The lowest BCUT2D eigenvalue weighted by atomic mass is 10.2. The summed E-state index contributed by atoms with van der Waals surface area (Å²) in [5.74, 6) is -0.0442. The first-order valence-electron chi connectivity index (χ1n) is 6.79. The first-order chi connectivity index (χ1) is 11.1. The third-order valence-electron chi connectivity index (χ3n) is 3.06. The van der Waals surface area contributed by atoms with E-state index in [9.17, 15) is 9.59 Å². The Labute approximate surface area is 141 Å². The molecule has 2 aromatic carbocycles. The van der Waals surface area contributed by atoms with Gasteiger partial charge in [-0.15, -0.1) is 0 Å². The molecule has 0 fully saturated rings. The molecule has 3 aromatic rings. The number of halogens is 1. The normalized spacial score (nSPS) is 10.7. The summed E-state index contributed by atoms with van der Waals surface area (Å²) in [5.41, 5.74) is 1.06. The highest BCUT2D eigenvalue weighted by atomic mass is 35.5. The predicted molar refractivity (Wildman–Crippen MR) is 93.2 cm³/mol. The van der Waals surface area contributed by atoms with E-state index in [0.29, 0.717) is 26.8 Å². The molecule has 7 heteroatoms. The van der Waals surface area contributed by atoms with Crippen molar-refractivity contribution in [2.24, 2.45) is 0 Å². The number of rotatable bonds is 4. The second-order valence-corrected chi connectivity index (χ2v) is 6.13. The van der Waals surface area contributed by atoms with Crippen LogP contribution in [-0.2, 0) is 4.79 Å². The molecule has 0 bridgehead atoms. The van der Waals surface area contributed by atoms with Gasteiger partial charge in [0.05, 0.1) is 16.7 Å². The van der Waals surface area contributed by atoms with Crippen molar-refractivity contribution >= 4 is 45.9 Å². The Kier molecular flexibility index (Phi) is 4.64. The Morgan fingerprint density at radius 2 is 1.91 bits per heavy atom. The molecule has 1 aromatic heterocycles. The van der Waals surface area contributed by atoms with E-state index in [1.807, 2.05) is 6.07 Å². The van der Waals surface area contributed by atoms with Crippen molar-refractivity contribution in [1.29, 1.82) is 0 Å². The number of hydrogen-bond donors (Lipinski definition) is 2. The van der Waals surface area contributed by atoms with Crippen molar-refractivity contribution in [3.63, 3.8) is 0 Å². The quantitative estimate of drug-likeness (QED) is 0.562. The fraction of sp³-hybridized carbons (Fsp3) is 0.0625. The number of benzene rings is 2.